The third kappa shape index (κ3) is 3.07. The zero-order valence-corrected chi connectivity index (χ0v) is 13.0. The minimum absolute atomic E-state index is 0.0629. The van der Waals surface area contributed by atoms with Gasteiger partial charge in [0, 0.05) is 30.1 Å². The van der Waals surface area contributed by atoms with Gasteiger partial charge in [-0.3, -0.25) is 4.79 Å². The number of aliphatic carboxylic acids is 1. The van der Waals surface area contributed by atoms with Crippen LogP contribution in [0.25, 0.3) is 10.9 Å². The maximum atomic E-state index is 12.4. The number of carbonyl (C=O) groups is 2. The summed E-state index contributed by atoms with van der Waals surface area (Å²) in [6, 6.07) is 5.20. The Morgan fingerprint density at radius 3 is 3.04 bits per heavy atom. The summed E-state index contributed by atoms with van der Waals surface area (Å²) in [5.74, 6) is -1.15. The number of nitrogens with one attached hydrogen (secondary N) is 1. The monoisotopic (exact) mass is 316 g/mol. The highest BCUT2D eigenvalue weighted by molar-refractivity contribution is 5.87. The lowest BCUT2D eigenvalue weighted by molar-refractivity contribution is -0.158. The number of fused-ring (bicyclic) bond motifs is 1. The summed E-state index contributed by atoms with van der Waals surface area (Å²) in [5, 5.41) is 10.3. The van der Waals surface area contributed by atoms with Crippen LogP contribution in [0.4, 0.5) is 0 Å². The van der Waals surface area contributed by atoms with E-state index < -0.39 is 12.0 Å². The number of nitrogens with zero attached hydrogens (tertiary/aromatic N) is 1. The number of hydrogen-bond donors (Lipinski definition) is 2. The van der Waals surface area contributed by atoms with Gasteiger partial charge in [0.25, 0.3) is 0 Å². The summed E-state index contributed by atoms with van der Waals surface area (Å²) in [6.07, 6.45) is 2.82. The number of hydrogen-bond acceptors (Lipinski definition) is 3. The van der Waals surface area contributed by atoms with Crippen LogP contribution in [0.3, 0.4) is 0 Å². The third-order valence-corrected chi connectivity index (χ3v) is 4.35. The average Bonchev–Trinajstić information content (AvgIpc) is 2.97. The standard InChI is InChI=1S/C17H20N2O4/c1-11-3-2-4-13-12(9-18-16(11)13)5-6-15(20)19-7-8-23-10-14(19)17(21)22/h2-4,9,14,18H,5-8,10H2,1H3,(H,21,22)/t14-/m0/s1. The smallest absolute Gasteiger partial charge is 0.328 e. The first-order valence-corrected chi connectivity index (χ1v) is 7.73. The van der Waals surface area contributed by atoms with Crippen molar-refractivity contribution in [3.63, 3.8) is 0 Å². The minimum Gasteiger partial charge on any atom is -0.480 e. The first kappa shape index (κ1) is 15.6. The van der Waals surface area contributed by atoms with Gasteiger partial charge in [-0.25, -0.2) is 4.79 Å². The molecule has 1 aliphatic rings. The van der Waals surface area contributed by atoms with Crippen molar-refractivity contribution >= 4 is 22.8 Å². The highest BCUT2D eigenvalue weighted by atomic mass is 16.5. The predicted molar refractivity (Wildman–Crippen MR) is 85.3 cm³/mol. The van der Waals surface area contributed by atoms with Gasteiger partial charge in [0.05, 0.1) is 13.2 Å². The molecule has 3 rings (SSSR count). The second-order valence-corrected chi connectivity index (χ2v) is 5.83. The average molecular weight is 316 g/mol. The van der Waals surface area contributed by atoms with Gasteiger partial charge in [-0.05, 0) is 24.5 Å². The summed E-state index contributed by atoms with van der Waals surface area (Å²) in [7, 11) is 0. The van der Waals surface area contributed by atoms with E-state index in [1.807, 2.05) is 31.3 Å². The fourth-order valence-corrected chi connectivity index (χ4v) is 3.06. The molecule has 1 aromatic heterocycles. The lowest BCUT2D eigenvalue weighted by Crippen LogP contribution is -2.52. The van der Waals surface area contributed by atoms with Gasteiger partial charge < -0.3 is 19.7 Å². The molecule has 0 spiro atoms. The third-order valence-electron chi connectivity index (χ3n) is 4.35. The first-order valence-electron chi connectivity index (χ1n) is 7.73. The normalized spacial score (nSPS) is 18.3. The Kier molecular flexibility index (Phi) is 4.34. The van der Waals surface area contributed by atoms with Crippen molar-refractivity contribution in [1.29, 1.82) is 0 Å². The molecule has 1 atom stereocenters. The number of aryl methyl sites for hydroxylation is 2. The molecule has 1 aliphatic heterocycles. The lowest BCUT2D eigenvalue weighted by Gasteiger charge is -2.32. The Morgan fingerprint density at radius 1 is 1.43 bits per heavy atom. The molecular weight excluding hydrogens is 296 g/mol. The number of amides is 1. The molecule has 0 bridgehead atoms. The number of para-hydroxylation sites is 1. The summed E-state index contributed by atoms with van der Waals surface area (Å²) in [5.41, 5.74) is 3.33. The van der Waals surface area contributed by atoms with Gasteiger partial charge in [-0.2, -0.15) is 0 Å². The Morgan fingerprint density at radius 2 is 2.26 bits per heavy atom. The second kappa shape index (κ2) is 6.42. The molecule has 2 heterocycles. The van der Waals surface area contributed by atoms with Crippen LogP contribution in [0.2, 0.25) is 0 Å². The summed E-state index contributed by atoms with van der Waals surface area (Å²) < 4.78 is 5.17. The zero-order valence-electron chi connectivity index (χ0n) is 13.0. The van der Waals surface area contributed by atoms with E-state index in [0.717, 1.165) is 16.5 Å². The van der Waals surface area contributed by atoms with Gasteiger partial charge in [-0.15, -0.1) is 0 Å². The first-order chi connectivity index (χ1) is 11.1. The van der Waals surface area contributed by atoms with Crippen molar-refractivity contribution in [2.75, 3.05) is 19.8 Å². The quantitative estimate of drug-likeness (QED) is 0.900. The molecule has 1 fully saturated rings. The highest BCUT2D eigenvalue weighted by Crippen LogP contribution is 2.22. The molecule has 1 saturated heterocycles. The Bertz CT molecular complexity index is 737. The van der Waals surface area contributed by atoms with Crippen LogP contribution in [-0.2, 0) is 20.7 Å². The number of aromatic amines is 1. The summed E-state index contributed by atoms with van der Waals surface area (Å²) in [6.45, 7) is 2.83. The van der Waals surface area contributed by atoms with E-state index in [9.17, 15) is 14.7 Å². The topological polar surface area (TPSA) is 82.6 Å². The minimum atomic E-state index is -1.01. The van der Waals surface area contributed by atoms with E-state index >= 15 is 0 Å². The fourth-order valence-electron chi connectivity index (χ4n) is 3.06. The van der Waals surface area contributed by atoms with Gasteiger partial charge in [0.2, 0.25) is 5.91 Å². The zero-order chi connectivity index (χ0) is 16.4. The van der Waals surface area contributed by atoms with Crippen LogP contribution in [0.1, 0.15) is 17.5 Å². The van der Waals surface area contributed by atoms with E-state index in [1.165, 1.54) is 10.5 Å². The molecule has 0 radical (unpaired) electrons. The van der Waals surface area contributed by atoms with Gasteiger partial charge in [0.15, 0.2) is 6.04 Å². The summed E-state index contributed by atoms with van der Waals surface area (Å²) in [4.78, 5) is 28.3. The number of rotatable bonds is 4. The van der Waals surface area contributed by atoms with Crippen LogP contribution in [0.5, 0.6) is 0 Å². The Labute approximate surface area is 134 Å². The van der Waals surface area contributed by atoms with E-state index in [0.29, 0.717) is 26.0 Å². The molecule has 1 aromatic carbocycles. The van der Waals surface area contributed by atoms with Crippen molar-refractivity contribution in [2.45, 2.75) is 25.8 Å². The number of ether oxygens (including phenoxy) is 1. The number of aromatic nitrogens is 1. The molecule has 0 unspecified atom stereocenters. The van der Waals surface area contributed by atoms with Crippen LogP contribution >= 0.6 is 0 Å². The van der Waals surface area contributed by atoms with Crippen molar-refractivity contribution < 1.29 is 19.4 Å². The number of carbonyl (C=O) groups excluding carboxylic acids is 1. The SMILES string of the molecule is Cc1cccc2c(CCC(=O)N3CCOC[C@H]3C(=O)O)c[nH]c12. The number of H-pyrrole nitrogens is 1. The number of carboxylic acid groups (broad SMARTS) is 1. The molecule has 6 nitrogen and oxygen atoms in total. The maximum Gasteiger partial charge on any atom is 0.328 e. The van der Waals surface area contributed by atoms with Crippen molar-refractivity contribution in [3.05, 3.63) is 35.5 Å². The Balaban J connectivity index is 1.70. The molecule has 2 aromatic rings. The predicted octanol–water partition coefficient (Wildman–Crippen LogP) is 1.72. The van der Waals surface area contributed by atoms with Crippen molar-refractivity contribution in [2.24, 2.45) is 0 Å². The second-order valence-electron chi connectivity index (χ2n) is 5.83. The van der Waals surface area contributed by atoms with Crippen LogP contribution in [0, 0.1) is 6.92 Å². The molecule has 6 heteroatoms. The lowest BCUT2D eigenvalue weighted by atomic mass is 10.1. The summed E-state index contributed by atoms with van der Waals surface area (Å²) >= 11 is 0. The van der Waals surface area contributed by atoms with E-state index in [1.54, 1.807) is 0 Å². The van der Waals surface area contributed by atoms with E-state index in [2.05, 4.69) is 4.98 Å². The maximum absolute atomic E-state index is 12.4. The van der Waals surface area contributed by atoms with Crippen molar-refractivity contribution in [1.82, 2.24) is 9.88 Å². The van der Waals surface area contributed by atoms with E-state index in [4.69, 9.17) is 4.74 Å². The van der Waals surface area contributed by atoms with Gasteiger partial charge in [0.1, 0.15) is 0 Å². The van der Waals surface area contributed by atoms with Gasteiger partial charge in [-0.1, -0.05) is 18.2 Å². The molecule has 1 amide bonds. The Hall–Kier alpha value is -2.34. The largest absolute Gasteiger partial charge is 0.480 e. The molecule has 0 saturated carbocycles. The van der Waals surface area contributed by atoms with Crippen LogP contribution < -0.4 is 0 Å². The molecule has 0 aliphatic carbocycles. The number of morpholine rings is 1. The van der Waals surface area contributed by atoms with Crippen LogP contribution in [0.15, 0.2) is 24.4 Å². The number of benzene rings is 1. The van der Waals surface area contributed by atoms with Gasteiger partial charge >= 0.3 is 5.97 Å². The highest BCUT2D eigenvalue weighted by Gasteiger charge is 2.32. The fraction of sp³-hybridized carbons (Fsp3) is 0.412. The molecule has 122 valence electrons. The van der Waals surface area contributed by atoms with Crippen LogP contribution in [-0.4, -0.2) is 52.7 Å². The van der Waals surface area contributed by atoms with Crippen molar-refractivity contribution in [3.8, 4) is 0 Å². The molecule has 2 N–H and O–H groups in total. The van der Waals surface area contributed by atoms with E-state index in [-0.39, 0.29) is 12.5 Å². The number of carboxylic acids is 1. The molecule has 23 heavy (non-hydrogen) atoms. The molecular formula is C17H20N2O4.